The number of hydrogen-bond acceptors (Lipinski definition) is 4. The molecule has 2 atom stereocenters. The highest BCUT2D eigenvalue weighted by atomic mass is 16.4. The molecule has 5 heteroatoms. The molecule has 1 N–H and O–H groups in total. The Morgan fingerprint density at radius 2 is 1.85 bits per heavy atom. The van der Waals surface area contributed by atoms with E-state index >= 15 is 0 Å². The first-order valence-corrected chi connectivity index (χ1v) is 6.79. The van der Waals surface area contributed by atoms with Crippen LogP contribution in [0.1, 0.15) is 24.8 Å². The monoisotopic (exact) mass is 272 g/mol. The van der Waals surface area contributed by atoms with Gasteiger partial charge in [-0.15, -0.1) is 0 Å². The maximum atomic E-state index is 12.4. The lowest BCUT2D eigenvalue weighted by molar-refractivity contribution is -0.140. The van der Waals surface area contributed by atoms with Gasteiger partial charge in [0.25, 0.3) is 0 Å². The van der Waals surface area contributed by atoms with E-state index in [0.717, 1.165) is 5.56 Å². The molecule has 1 aromatic carbocycles. The molecule has 0 bridgehead atoms. The van der Waals surface area contributed by atoms with Crippen LogP contribution < -0.4 is 0 Å². The molecule has 2 aliphatic rings. The van der Waals surface area contributed by atoms with Gasteiger partial charge >= 0.3 is 0 Å². The Bertz CT molecular complexity index is 568. The van der Waals surface area contributed by atoms with Crippen molar-refractivity contribution in [2.45, 2.75) is 25.8 Å². The summed E-state index contributed by atoms with van der Waals surface area (Å²) in [6, 6.07) is 9.50. The van der Waals surface area contributed by atoms with E-state index < -0.39 is 0 Å². The second-order valence-corrected chi connectivity index (χ2v) is 5.37. The van der Waals surface area contributed by atoms with Crippen LogP contribution in [0, 0.1) is 11.8 Å². The number of likely N-dealkylation sites (tertiary alicyclic amines) is 1. The van der Waals surface area contributed by atoms with E-state index in [-0.39, 0.29) is 23.7 Å². The summed E-state index contributed by atoms with van der Waals surface area (Å²) in [5.41, 5.74) is 1.57. The van der Waals surface area contributed by atoms with Gasteiger partial charge in [0.1, 0.15) is 0 Å². The Hall–Kier alpha value is -2.17. The highest BCUT2D eigenvalue weighted by molar-refractivity contribution is 6.07. The number of oxime groups is 1. The Morgan fingerprint density at radius 3 is 2.55 bits per heavy atom. The Kier molecular flexibility index (Phi) is 3.26. The van der Waals surface area contributed by atoms with Gasteiger partial charge in [-0.05, 0) is 18.4 Å². The molecule has 1 saturated carbocycles. The minimum atomic E-state index is -0.342. The molecule has 0 aromatic heterocycles. The third-order valence-corrected chi connectivity index (χ3v) is 4.18. The van der Waals surface area contributed by atoms with Crippen molar-refractivity contribution < 1.29 is 14.8 Å². The minimum Gasteiger partial charge on any atom is -0.411 e. The second-order valence-electron chi connectivity index (χ2n) is 5.37. The molecule has 1 aromatic rings. The number of rotatable bonds is 2. The van der Waals surface area contributed by atoms with Crippen LogP contribution in [-0.4, -0.2) is 27.6 Å². The van der Waals surface area contributed by atoms with Crippen LogP contribution in [0.5, 0.6) is 0 Å². The van der Waals surface area contributed by atoms with Crippen molar-refractivity contribution in [3.05, 3.63) is 35.9 Å². The lowest BCUT2D eigenvalue weighted by Gasteiger charge is -2.20. The fourth-order valence-corrected chi connectivity index (χ4v) is 3.10. The number of carbonyl (C=O) groups excluding carboxylic acids is 2. The first-order valence-electron chi connectivity index (χ1n) is 6.79. The highest BCUT2D eigenvalue weighted by Crippen LogP contribution is 2.37. The zero-order valence-electron chi connectivity index (χ0n) is 11.0. The average molecular weight is 272 g/mol. The van der Waals surface area contributed by atoms with Crippen molar-refractivity contribution in [2.75, 3.05) is 0 Å². The van der Waals surface area contributed by atoms with Gasteiger partial charge in [0.2, 0.25) is 11.8 Å². The fraction of sp³-hybridized carbons (Fsp3) is 0.400. The van der Waals surface area contributed by atoms with E-state index in [1.807, 2.05) is 30.3 Å². The van der Waals surface area contributed by atoms with Crippen molar-refractivity contribution in [2.24, 2.45) is 17.0 Å². The maximum Gasteiger partial charge on any atom is 0.233 e. The van der Waals surface area contributed by atoms with E-state index in [4.69, 9.17) is 5.21 Å². The third-order valence-electron chi connectivity index (χ3n) is 4.18. The summed E-state index contributed by atoms with van der Waals surface area (Å²) >= 11 is 0. The molecule has 1 aliphatic carbocycles. The van der Waals surface area contributed by atoms with Gasteiger partial charge in [0, 0.05) is 6.42 Å². The quantitative estimate of drug-likeness (QED) is 0.507. The molecule has 0 radical (unpaired) electrons. The molecule has 0 spiro atoms. The zero-order chi connectivity index (χ0) is 14.1. The van der Waals surface area contributed by atoms with Crippen LogP contribution in [0.15, 0.2) is 35.5 Å². The fourth-order valence-electron chi connectivity index (χ4n) is 3.10. The number of benzene rings is 1. The second kappa shape index (κ2) is 5.07. The van der Waals surface area contributed by atoms with Crippen LogP contribution in [0.25, 0.3) is 0 Å². The molecular formula is C15H16N2O3. The van der Waals surface area contributed by atoms with Gasteiger partial charge in [0.05, 0.1) is 24.1 Å². The number of hydrogen-bond donors (Lipinski definition) is 1. The van der Waals surface area contributed by atoms with Crippen molar-refractivity contribution in [3.8, 4) is 0 Å². The SMILES string of the molecule is O=C1[C@H]2CC/C(=N/O)C[C@@H]2C(=O)N1Cc1ccccc1. The number of carbonyl (C=O) groups is 2. The molecule has 1 aliphatic heterocycles. The van der Waals surface area contributed by atoms with Crippen LogP contribution in [0.4, 0.5) is 0 Å². The molecule has 2 fully saturated rings. The zero-order valence-corrected chi connectivity index (χ0v) is 11.0. The normalized spacial score (nSPS) is 28.0. The lowest BCUT2D eigenvalue weighted by Crippen LogP contribution is -2.30. The smallest absolute Gasteiger partial charge is 0.233 e. The Balaban J connectivity index is 1.80. The van der Waals surface area contributed by atoms with Crippen molar-refractivity contribution in [3.63, 3.8) is 0 Å². The predicted molar refractivity (Wildman–Crippen MR) is 72.1 cm³/mol. The largest absolute Gasteiger partial charge is 0.411 e. The van der Waals surface area contributed by atoms with Crippen LogP contribution in [0.2, 0.25) is 0 Å². The van der Waals surface area contributed by atoms with Crippen molar-refractivity contribution in [1.29, 1.82) is 0 Å². The first-order chi connectivity index (χ1) is 9.70. The molecule has 104 valence electrons. The van der Waals surface area contributed by atoms with Gasteiger partial charge in [0.15, 0.2) is 0 Å². The maximum absolute atomic E-state index is 12.4. The van der Waals surface area contributed by atoms with Crippen LogP contribution in [0.3, 0.4) is 0 Å². The van der Waals surface area contributed by atoms with E-state index in [2.05, 4.69) is 5.16 Å². The Labute approximate surface area is 116 Å². The Morgan fingerprint density at radius 1 is 1.15 bits per heavy atom. The van der Waals surface area contributed by atoms with Crippen LogP contribution >= 0.6 is 0 Å². The summed E-state index contributed by atoms with van der Waals surface area (Å²) in [6.45, 7) is 0.330. The van der Waals surface area contributed by atoms with Crippen molar-refractivity contribution >= 4 is 17.5 Å². The summed E-state index contributed by atoms with van der Waals surface area (Å²) in [6.07, 6.45) is 1.59. The summed E-state index contributed by atoms with van der Waals surface area (Å²) in [4.78, 5) is 26.1. The van der Waals surface area contributed by atoms with Gasteiger partial charge < -0.3 is 5.21 Å². The van der Waals surface area contributed by atoms with E-state index in [9.17, 15) is 9.59 Å². The minimum absolute atomic E-state index is 0.0826. The van der Waals surface area contributed by atoms with E-state index in [0.29, 0.717) is 31.5 Å². The third kappa shape index (κ3) is 2.09. The number of imide groups is 1. The molecule has 2 amide bonds. The summed E-state index contributed by atoms with van der Waals surface area (Å²) < 4.78 is 0. The summed E-state index contributed by atoms with van der Waals surface area (Å²) in [5.74, 6) is -0.798. The van der Waals surface area contributed by atoms with Gasteiger partial charge in [-0.3, -0.25) is 14.5 Å². The molecule has 1 saturated heterocycles. The molecule has 20 heavy (non-hydrogen) atoms. The van der Waals surface area contributed by atoms with E-state index in [1.54, 1.807) is 0 Å². The van der Waals surface area contributed by atoms with Gasteiger partial charge in [-0.25, -0.2) is 0 Å². The standard InChI is InChI=1S/C15H16N2O3/c18-14-12-7-6-11(16-20)8-13(12)15(19)17(14)9-10-4-2-1-3-5-10/h1-5,12-13,20H,6-9H2/b16-11-/t12-,13-/m0/s1. The first kappa shape index (κ1) is 12.8. The number of nitrogens with zero attached hydrogens (tertiary/aromatic N) is 2. The van der Waals surface area contributed by atoms with Gasteiger partial charge in [-0.1, -0.05) is 35.5 Å². The highest BCUT2D eigenvalue weighted by Gasteiger charge is 2.49. The summed E-state index contributed by atoms with van der Waals surface area (Å²) in [7, 11) is 0. The molecular weight excluding hydrogens is 256 g/mol. The summed E-state index contributed by atoms with van der Waals surface area (Å²) in [5, 5.41) is 12.1. The van der Waals surface area contributed by atoms with Crippen molar-refractivity contribution in [1.82, 2.24) is 4.90 Å². The number of amides is 2. The van der Waals surface area contributed by atoms with Gasteiger partial charge in [-0.2, -0.15) is 0 Å². The topological polar surface area (TPSA) is 70.0 Å². The van der Waals surface area contributed by atoms with E-state index in [1.165, 1.54) is 4.90 Å². The average Bonchev–Trinajstić information content (AvgIpc) is 2.73. The predicted octanol–water partition coefficient (Wildman–Crippen LogP) is 1.80. The number of fused-ring (bicyclic) bond motifs is 1. The molecule has 0 unspecified atom stereocenters. The molecule has 5 nitrogen and oxygen atoms in total. The van der Waals surface area contributed by atoms with Crippen LogP contribution in [-0.2, 0) is 16.1 Å². The lowest BCUT2D eigenvalue weighted by atomic mass is 9.80. The molecule has 3 rings (SSSR count). The molecule has 1 heterocycles.